The molecule has 1 heterocycles. The smallest absolute Gasteiger partial charge is 0.123 e. The molecule has 3 rings (SSSR count). The number of nitrogens with one attached hydrogen (secondary N) is 1. The molecule has 1 saturated carbocycles. The van der Waals surface area contributed by atoms with Crippen LogP contribution < -0.4 is 0 Å². The first-order valence-electron chi connectivity index (χ1n) is 5.66. The molecular formula is C13H13FN2O. The van der Waals surface area contributed by atoms with Gasteiger partial charge in [0, 0.05) is 16.5 Å². The monoisotopic (exact) mass is 232 g/mol. The molecule has 1 aliphatic rings. The van der Waals surface area contributed by atoms with Crippen LogP contribution in [-0.2, 0) is 5.41 Å². The lowest BCUT2D eigenvalue weighted by Gasteiger charge is -2.11. The predicted molar refractivity (Wildman–Crippen MR) is 62.0 cm³/mol. The van der Waals surface area contributed by atoms with E-state index in [9.17, 15) is 9.50 Å². The number of rotatable bonds is 3. The Hall–Kier alpha value is -1.68. The summed E-state index contributed by atoms with van der Waals surface area (Å²) in [6, 6.07) is 6.30. The van der Waals surface area contributed by atoms with E-state index >= 15 is 0 Å². The molecule has 4 heteroatoms. The number of aromatic nitrogens is 2. The summed E-state index contributed by atoms with van der Waals surface area (Å²) in [4.78, 5) is 0. The van der Waals surface area contributed by atoms with Gasteiger partial charge in [0.05, 0.1) is 18.5 Å². The number of H-pyrrole nitrogens is 1. The maximum atomic E-state index is 12.9. The second kappa shape index (κ2) is 3.67. The van der Waals surface area contributed by atoms with Gasteiger partial charge in [0.15, 0.2) is 0 Å². The minimum absolute atomic E-state index is 0.128. The molecule has 0 bridgehead atoms. The molecule has 17 heavy (non-hydrogen) atoms. The molecule has 1 aromatic carbocycles. The van der Waals surface area contributed by atoms with Crippen LogP contribution in [0.2, 0.25) is 0 Å². The molecule has 1 fully saturated rings. The van der Waals surface area contributed by atoms with Gasteiger partial charge < -0.3 is 5.11 Å². The van der Waals surface area contributed by atoms with E-state index < -0.39 is 0 Å². The van der Waals surface area contributed by atoms with E-state index in [1.165, 1.54) is 12.1 Å². The fourth-order valence-corrected chi connectivity index (χ4v) is 2.19. The lowest BCUT2D eigenvalue weighted by Crippen LogP contribution is -2.12. The van der Waals surface area contributed by atoms with Gasteiger partial charge in [0.25, 0.3) is 0 Å². The summed E-state index contributed by atoms with van der Waals surface area (Å²) in [5.74, 6) is -0.252. The van der Waals surface area contributed by atoms with Crippen molar-refractivity contribution in [3.63, 3.8) is 0 Å². The second-order valence-corrected chi connectivity index (χ2v) is 4.60. The fourth-order valence-electron chi connectivity index (χ4n) is 2.19. The van der Waals surface area contributed by atoms with Gasteiger partial charge in [0.2, 0.25) is 0 Å². The van der Waals surface area contributed by atoms with E-state index in [0.717, 1.165) is 29.7 Å². The zero-order valence-electron chi connectivity index (χ0n) is 9.28. The van der Waals surface area contributed by atoms with Crippen molar-refractivity contribution in [3.8, 4) is 11.3 Å². The largest absolute Gasteiger partial charge is 0.395 e. The molecule has 0 unspecified atom stereocenters. The molecule has 0 radical (unpaired) electrons. The van der Waals surface area contributed by atoms with Gasteiger partial charge in [-0.3, -0.25) is 5.10 Å². The van der Waals surface area contributed by atoms with Crippen LogP contribution in [0.1, 0.15) is 18.4 Å². The number of aromatic amines is 1. The quantitative estimate of drug-likeness (QED) is 0.852. The van der Waals surface area contributed by atoms with E-state index in [4.69, 9.17) is 0 Å². The molecular weight excluding hydrogens is 219 g/mol. The summed E-state index contributed by atoms with van der Waals surface area (Å²) in [6.45, 7) is 0.140. The number of hydrogen-bond donors (Lipinski definition) is 2. The van der Waals surface area contributed by atoms with Gasteiger partial charge in [0.1, 0.15) is 5.82 Å². The SMILES string of the molecule is OCC1(c2cn[nH]c2-c2ccc(F)cc2)CC1. The zero-order chi connectivity index (χ0) is 11.9. The molecule has 0 spiro atoms. The van der Waals surface area contributed by atoms with Crippen LogP contribution in [-0.4, -0.2) is 21.9 Å². The maximum absolute atomic E-state index is 12.9. The molecule has 2 N–H and O–H groups in total. The van der Waals surface area contributed by atoms with Crippen molar-refractivity contribution in [3.05, 3.63) is 41.8 Å². The Kier molecular flexibility index (Phi) is 2.26. The van der Waals surface area contributed by atoms with E-state index in [1.54, 1.807) is 18.3 Å². The molecule has 3 nitrogen and oxygen atoms in total. The number of aliphatic hydroxyl groups is 1. The topological polar surface area (TPSA) is 48.9 Å². The average Bonchev–Trinajstić information content (AvgIpc) is 3.00. The first-order chi connectivity index (χ1) is 8.25. The van der Waals surface area contributed by atoms with Gasteiger partial charge in [-0.1, -0.05) is 0 Å². The normalized spacial score (nSPS) is 17.1. The lowest BCUT2D eigenvalue weighted by molar-refractivity contribution is 0.255. The summed E-state index contributed by atoms with van der Waals surface area (Å²) in [7, 11) is 0. The first-order valence-corrected chi connectivity index (χ1v) is 5.66. The van der Waals surface area contributed by atoms with E-state index in [0.29, 0.717) is 0 Å². The van der Waals surface area contributed by atoms with Crippen molar-refractivity contribution in [2.45, 2.75) is 18.3 Å². The number of hydrogen-bond acceptors (Lipinski definition) is 2. The maximum Gasteiger partial charge on any atom is 0.123 e. The van der Waals surface area contributed by atoms with Crippen LogP contribution in [0.15, 0.2) is 30.5 Å². The van der Waals surface area contributed by atoms with Crippen LogP contribution in [0.25, 0.3) is 11.3 Å². The van der Waals surface area contributed by atoms with E-state index in [1.807, 2.05) is 0 Å². The van der Waals surface area contributed by atoms with Crippen molar-refractivity contribution in [1.82, 2.24) is 10.2 Å². The summed E-state index contributed by atoms with van der Waals surface area (Å²) >= 11 is 0. The highest BCUT2D eigenvalue weighted by Gasteiger charge is 2.46. The van der Waals surface area contributed by atoms with Crippen molar-refractivity contribution in [2.75, 3.05) is 6.61 Å². The fraction of sp³-hybridized carbons (Fsp3) is 0.308. The number of halogens is 1. The Labute approximate surface area is 98.3 Å². The molecule has 0 atom stereocenters. The Bertz CT molecular complexity index is 529. The van der Waals surface area contributed by atoms with E-state index in [2.05, 4.69) is 10.2 Å². The standard InChI is InChI=1S/C13H13FN2O/c14-10-3-1-9(2-4-10)12-11(7-15-16-12)13(8-17)5-6-13/h1-4,7,17H,5-6,8H2,(H,15,16). The molecule has 88 valence electrons. The van der Waals surface area contributed by atoms with Crippen molar-refractivity contribution < 1.29 is 9.50 Å². The Morgan fingerprint density at radius 1 is 1.29 bits per heavy atom. The molecule has 1 aromatic heterocycles. The van der Waals surface area contributed by atoms with Crippen molar-refractivity contribution in [1.29, 1.82) is 0 Å². The highest BCUT2D eigenvalue weighted by molar-refractivity contribution is 5.65. The van der Waals surface area contributed by atoms with Gasteiger partial charge in [-0.2, -0.15) is 5.10 Å². The van der Waals surface area contributed by atoms with Crippen LogP contribution in [0.5, 0.6) is 0 Å². The third-order valence-electron chi connectivity index (χ3n) is 3.50. The van der Waals surface area contributed by atoms with E-state index in [-0.39, 0.29) is 17.8 Å². The zero-order valence-corrected chi connectivity index (χ0v) is 9.28. The lowest BCUT2D eigenvalue weighted by atomic mass is 9.94. The third kappa shape index (κ3) is 1.65. The molecule has 0 aliphatic heterocycles. The summed E-state index contributed by atoms with van der Waals surface area (Å²) in [6.07, 6.45) is 3.73. The minimum Gasteiger partial charge on any atom is -0.395 e. The first kappa shape index (κ1) is 10.5. The Balaban J connectivity index is 2.04. The van der Waals surface area contributed by atoms with Gasteiger partial charge >= 0.3 is 0 Å². The van der Waals surface area contributed by atoms with Crippen LogP contribution in [0.4, 0.5) is 4.39 Å². The number of aliphatic hydroxyl groups excluding tert-OH is 1. The highest BCUT2D eigenvalue weighted by Crippen LogP contribution is 2.50. The van der Waals surface area contributed by atoms with Crippen LogP contribution in [0, 0.1) is 5.82 Å². The number of nitrogens with zero attached hydrogens (tertiary/aromatic N) is 1. The highest BCUT2D eigenvalue weighted by atomic mass is 19.1. The molecule has 0 saturated heterocycles. The van der Waals surface area contributed by atoms with Crippen molar-refractivity contribution >= 4 is 0 Å². The van der Waals surface area contributed by atoms with Crippen LogP contribution >= 0.6 is 0 Å². The minimum atomic E-state index is -0.252. The summed E-state index contributed by atoms with van der Waals surface area (Å²) in [5, 5.41) is 16.4. The van der Waals surface area contributed by atoms with Crippen molar-refractivity contribution in [2.24, 2.45) is 0 Å². The summed E-state index contributed by atoms with van der Waals surface area (Å²) < 4.78 is 12.9. The van der Waals surface area contributed by atoms with Gasteiger partial charge in [-0.05, 0) is 37.1 Å². The average molecular weight is 232 g/mol. The molecule has 0 amide bonds. The Morgan fingerprint density at radius 2 is 2.00 bits per heavy atom. The Morgan fingerprint density at radius 3 is 2.59 bits per heavy atom. The molecule has 2 aromatic rings. The second-order valence-electron chi connectivity index (χ2n) is 4.60. The predicted octanol–water partition coefficient (Wildman–Crippen LogP) is 2.24. The number of benzene rings is 1. The third-order valence-corrected chi connectivity index (χ3v) is 3.50. The summed E-state index contributed by atoms with van der Waals surface area (Å²) in [5.41, 5.74) is 2.69. The van der Waals surface area contributed by atoms with Crippen LogP contribution in [0.3, 0.4) is 0 Å². The van der Waals surface area contributed by atoms with Gasteiger partial charge in [-0.25, -0.2) is 4.39 Å². The van der Waals surface area contributed by atoms with Gasteiger partial charge in [-0.15, -0.1) is 0 Å². The molecule has 1 aliphatic carbocycles.